The molecule has 0 aliphatic carbocycles. The molecule has 0 spiro atoms. The van der Waals surface area contributed by atoms with Gasteiger partial charge in [0, 0.05) is 24.6 Å². The third-order valence-corrected chi connectivity index (χ3v) is 5.41. The minimum absolute atomic E-state index is 0. The monoisotopic (exact) mass is 450 g/mol. The number of rotatable bonds is 4. The quantitative estimate of drug-likeness (QED) is 0.435. The summed E-state index contributed by atoms with van der Waals surface area (Å²) >= 11 is 1.99. The maximum absolute atomic E-state index is 6.20. The van der Waals surface area contributed by atoms with Crippen LogP contribution in [0.25, 0.3) is 0 Å². The van der Waals surface area contributed by atoms with E-state index in [-0.39, 0.29) is 30.0 Å². The molecule has 1 atom stereocenters. The molecule has 2 fully saturated rings. The highest BCUT2D eigenvalue weighted by molar-refractivity contribution is 14.0. The van der Waals surface area contributed by atoms with Gasteiger partial charge in [-0.05, 0) is 38.1 Å². The molecule has 5 nitrogen and oxygen atoms in total. The Labute approximate surface area is 160 Å². The third-order valence-electron chi connectivity index (χ3n) is 4.46. The molecule has 130 valence electrons. The van der Waals surface area contributed by atoms with Gasteiger partial charge in [-0.25, -0.2) is 0 Å². The van der Waals surface area contributed by atoms with Crippen molar-refractivity contribution in [2.75, 3.05) is 44.2 Å². The first-order chi connectivity index (χ1) is 10.8. The summed E-state index contributed by atoms with van der Waals surface area (Å²) in [5, 5.41) is 0. The Balaban J connectivity index is 0.00000192. The molecule has 7 heteroatoms. The Hall–Kier alpha value is -0.410. The first-order valence-corrected chi connectivity index (χ1v) is 9.40. The minimum Gasteiger partial charge on any atom is -0.468 e. The fourth-order valence-electron chi connectivity index (χ4n) is 3.17. The number of nitrogens with zero attached hydrogens (tertiary/aromatic N) is 3. The molecule has 0 bridgehead atoms. The maximum atomic E-state index is 6.20. The molecule has 0 aromatic carbocycles. The van der Waals surface area contributed by atoms with E-state index in [2.05, 4.69) is 20.9 Å². The van der Waals surface area contributed by atoms with E-state index in [0.717, 1.165) is 43.4 Å². The number of likely N-dealkylation sites (tertiary alicyclic amines) is 1. The minimum atomic E-state index is 0. The van der Waals surface area contributed by atoms with Crippen LogP contribution < -0.4 is 5.73 Å². The van der Waals surface area contributed by atoms with Gasteiger partial charge in [0.1, 0.15) is 5.76 Å². The Kier molecular flexibility index (Phi) is 8.05. The first-order valence-electron chi connectivity index (χ1n) is 8.24. The van der Waals surface area contributed by atoms with Crippen LogP contribution in [-0.4, -0.2) is 60.0 Å². The zero-order valence-electron chi connectivity index (χ0n) is 13.5. The number of thioether (sulfide) groups is 1. The van der Waals surface area contributed by atoms with Gasteiger partial charge in [-0.3, -0.25) is 9.89 Å². The highest BCUT2D eigenvalue weighted by Gasteiger charge is 2.24. The van der Waals surface area contributed by atoms with Gasteiger partial charge in [-0.2, -0.15) is 11.8 Å². The first kappa shape index (κ1) is 18.9. The summed E-state index contributed by atoms with van der Waals surface area (Å²) in [7, 11) is 0. The van der Waals surface area contributed by atoms with Crippen LogP contribution in [0.2, 0.25) is 0 Å². The molecule has 3 heterocycles. The zero-order valence-corrected chi connectivity index (χ0v) is 16.7. The van der Waals surface area contributed by atoms with Gasteiger partial charge in [0.15, 0.2) is 5.96 Å². The number of furan rings is 1. The molecular formula is C16H27IN4OS. The van der Waals surface area contributed by atoms with Gasteiger partial charge in [0.2, 0.25) is 0 Å². The Morgan fingerprint density at radius 3 is 2.61 bits per heavy atom. The summed E-state index contributed by atoms with van der Waals surface area (Å²) in [6, 6.07) is 4.23. The van der Waals surface area contributed by atoms with E-state index in [1.165, 1.54) is 19.3 Å². The number of hydrogen-bond donors (Lipinski definition) is 1. The number of aliphatic imine (C=N–C) groups is 1. The smallest absolute Gasteiger partial charge is 0.191 e. The fourth-order valence-corrected chi connectivity index (χ4v) is 4.07. The van der Waals surface area contributed by atoms with Gasteiger partial charge in [-0.1, -0.05) is 6.42 Å². The van der Waals surface area contributed by atoms with Crippen molar-refractivity contribution >= 4 is 41.7 Å². The van der Waals surface area contributed by atoms with E-state index in [9.17, 15) is 0 Å². The van der Waals surface area contributed by atoms with Crippen molar-refractivity contribution in [2.24, 2.45) is 10.7 Å². The van der Waals surface area contributed by atoms with Crippen molar-refractivity contribution in [1.29, 1.82) is 0 Å². The second-order valence-electron chi connectivity index (χ2n) is 5.93. The van der Waals surface area contributed by atoms with Crippen LogP contribution in [0.15, 0.2) is 27.8 Å². The summed E-state index contributed by atoms with van der Waals surface area (Å²) in [6.45, 7) is 4.95. The molecule has 0 saturated carbocycles. The van der Waals surface area contributed by atoms with Crippen LogP contribution in [0.1, 0.15) is 31.1 Å². The van der Waals surface area contributed by atoms with Gasteiger partial charge in [0.05, 0.1) is 18.8 Å². The van der Waals surface area contributed by atoms with Crippen LogP contribution in [0.4, 0.5) is 0 Å². The third kappa shape index (κ3) is 5.29. The molecule has 2 aliphatic heterocycles. The summed E-state index contributed by atoms with van der Waals surface area (Å²) in [5.41, 5.74) is 6.20. The van der Waals surface area contributed by atoms with E-state index in [0.29, 0.717) is 12.5 Å². The average molecular weight is 450 g/mol. The average Bonchev–Trinajstić information content (AvgIpc) is 3.11. The van der Waals surface area contributed by atoms with Crippen LogP contribution >= 0.6 is 35.7 Å². The number of piperidine rings is 1. The predicted molar refractivity (Wildman–Crippen MR) is 108 cm³/mol. The molecule has 2 saturated heterocycles. The summed E-state index contributed by atoms with van der Waals surface area (Å²) in [6.07, 6.45) is 5.61. The zero-order chi connectivity index (χ0) is 15.2. The van der Waals surface area contributed by atoms with Crippen LogP contribution in [-0.2, 0) is 0 Å². The van der Waals surface area contributed by atoms with Crippen molar-refractivity contribution in [2.45, 2.75) is 25.3 Å². The number of hydrogen-bond acceptors (Lipinski definition) is 4. The second-order valence-corrected chi connectivity index (χ2v) is 7.15. The molecule has 3 rings (SSSR count). The summed E-state index contributed by atoms with van der Waals surface area (Å²) < 4.78 is 5.66. The molecule has 0 radical (unpaired) electrons. The maximum Gasteiger partial charge on any atom is 0.191 e. The lowest BCUT2D eigenvalue weighted by atomic mass is 10.1. The summed E-state index contributed by atoms with van der Waals surface area (Å²) in [5.74, 6) is 3.98. The number of halogens is 1. The molecular weight excluding hydrogens is 423 g/mol. The van der Waals surface area contributed by atoms with Crippen LogP contribution in [0.3, 0.4) is 0 Å². The highest BCUT2D eigenvalue weighted by atomic mass is 127. The molecule has 1 aromatic rings. The Morgan fingerprint density at radius 2 is 1.96 bits per heavy atom. The molecule has 1 unspecified atom stereocenters. The lowest BCUT2D eigenvalue weighted by Crippen LogP contribution is -2.43. The van der Waals surface area contributed by atoms with Crippen molar-refractivity contribution in [3.8, 4) is 0 Å². The van der Waals surface area contributed by atoms with Gasteiger partial charge < -0.3 is 15.1 Å². The molecule has 2 N–H and O–H groups in total. The molecule has 2 aliphatic rings. The van der Waals surface area contributed by atoms with Crippen LogP contribution in [0.5, 0.6) is 0 Å². The topological polar surface area (TPSA) is 58.0 Å². The van der Waals surface area contributed by atoms with Gasteiger partial charge in [0.25, 0.3) is 0 Å². The van der Waals surface area contributed by atoms with Crippen molar-refractivity contribution in [3.63, 3.8) is 0 Å². The SMILES string of the molecule is I.NC(=NCC(c1ccco1)N1CCCCC1)N1CCSCC1. The lowest BCUT2D eigenvalue weighted by Gasteiger charge is -2.33. The molecule has 1 aromatic heterocycles. The predicted octanol–water partition coefficient (Wildman–Crippen LogP) is 2.79. The number of guanidine groups is 1. The van der Waals surface area contributed by atoms with E-state index in [1.807, 2.05) is 17.8 Å². The van der Waals surface area contributed by atoms with E-state index >= 15 is 0 Å². The fraction of sp³-hybridized carbons (Fsp3) is 0.688. The lowest BCUT2D eigenvalue weighted by molar-refractivity contribution is 0.150. The van der Waals surface area contributed by atoms with Gasteiger partial charge in [-0.15, -0.1) is 24.0 Å². The highest BCUT2D eigenvalue weighted by Crippen LogP contribution is 2.25. The Morgan fingerprint density at radius 1 is 1.22 bits per heavy atom. The van der Waals surface area contributed by atoms with Crippen molar-refractivity contribution in [1.82, 2.24) is 9.80 Å². The molecule has 0 amide bonds. The normalized spacial score (nSPS) is 21.7. The Bertz CT molecular complexity index is 470. The standard InChI is InChI=1S/C16H26N4OS.HI/c17-16(20-8-11-22-12-9-20)18-13-14(15-5-4-10-21-15)19-6-2-1-3-7-19;/h4-5,10,14H,1-3,6-9,11-13H2,(H2,17,18);1H. The van der Waals surface area contributed by atoms with E-state index in [1.54, 1.807) is 6.26 Å². The van der Waals surface area contributed by atoms with Gasteiger partial charge >= 0.3 is 0 Å². The largest absolute Gasteiger partial charge is 0.468 e. The number of nitrogens with two attached hydrogens (primary N) is 1. The van der Waals surface area contributed by atoms with E-state index in [4.69, 9.17) is 10.2 Å². The summed E-state index contributed by atoms with van der Waals surface area (Å²) in [4.78, 5) is 9.38. The van der Waals surface area contributed by atoms with Crippen molar-refractivity contribution < 1.29 is 4.42 Å². The molecule has 23 heavy (non-hydrogen) atoms. The van der Waals surface area contributed by atoms with Crippen LogP contribution in [0, 0.1) is 0 Å². The van der Waals surface area contributed by atoms with Crippen molar-refractivity contribution in [3.05, 3.63) is 24.2 Å². The second kappa shape index (κ2) is 9.78. The van der Waals surface area contributed by atoms with E-state index < -0.39 is 0 Å².